The summed E-state index contributed by atoms with van der Waals surface area (Å²) < 4.78 is 4.22. The number of hydrogen-bond acceptors (Lipinski definition) is 4. The van der Waals surface area contributed by atoms with Crippen LogP contribution in [-0.2, 0) is 9.67 Å². The Balaban J connectivity index is 1.88. The zero-order valence-electron chi connectivity index (χ0n) is 11.9. The number of carbonyl (C=O) groups is 1. The van der Waals surface area contributed by atoms with Crippen molar-refractivity contribution in [1.82, 2.24) is 0 Å². The van der Waals surface area contributed by atoms with E-state index in [1.807, 2.05) is 30.3 Å². The van der Waals surface area contributed by atoms with Crippen LogP contribution in [0.5, 0.6) is 0 Å². The standard InChI is InChI=1S/C16H9Cl3N2OS2/c17-11-6-8-12(9-7-11)21-14(22)15(19,10-4-2-1-3-5-10)16(21)13(18)20-24-23-16/h1-9H. The highest BCUT2D eigenvalue weighted by atomic mass is 35.5. The second-order valence-corrected chi connectivity index (χ2v) is 8.72. The molecule has 2 heterocycles. The highest BCUT2D eigenvalue weighted by Gasteiger charge is 2.76. The van der Waals surface area contributed by atoms with Crippen LogP contribution in [0, 0.1) is 0 Å². The summed E-state index contributed by atoms with van der Waals surface area (Å²) in [7, 11) is 2.61. The fourth-order valence-corrected chi connectivity index (χ4v) is 7.06. The molecule has 2 aromatic rings. The molecular formula is C16H9Cl3N2OS2. The topological polar surface area (TPSA) is 32.7 Å². The van der Waals surface area contributed by atoms with Gasteiger partial charge in [-0.3, -0.25) is 9.69 Å². The molecule has 2 atom stereocenters. The molecule has 2 aliphatic rings. The number of hydrogen-bond donors (Lipinski definition) is 0. The Morgan fingerprint density at radius 2 is 1.67 bits per heavy atom. The Bertz CT molecular complexity index is 846. The summed E-state index contributed by atoms with van der Waals surface area (Å²) in [6.45, 7) is 0. The van der Waals surface area contributed by atoms with Gasteiger partial charge in [-0.2, -0.15) is 4.40 Å². The van der Waals surface area contributed by atoms with Gasteiger partial charge in [0.25, 0.3) is 5.91 Å². The van der Waals surface area contributed by atoms with Crippen molar-refractivity contribution in [2.45, 2.75) is 9.75 Å². The van der Waals surface area contributed by atoms with E-state index in [4.69, 9.17) is 34.8 Å². The SMILES string of the molecule is O=C1N(c2ccc(Cl)cc2)C2(SSN=C2Cl)C1(Cl)c1ccccc1. The fourth-order valence-electron chi connectivity index (χ4n) is 2.95. The predicted octanol–water partition coefficient (Wildman–Crippen LogP) is 5.46. The summed E-state index contributed by atoms with van der Waals surface area (Å²) in [4.78, 5) is 12.4. The van der Waals surface area contributed by atoms with Crippen LogP contribution in [0.25, 0.3) is 0 Å². The van der Waals surface area contributed by atoms with E-state index < -0.39 is 9.75 Å². The molecular weight excluding hydrogens is 407 g/mol. The number of amides is 1. The molecule has 0 bridgehead atoms. The van der Waals surface area contributed by atoms with E-state index in [0.717, 1.165) is 0 Å². The van der Waals surface area contributed by atoms with Crippen LogP contribution in [0.2, 0.25) is 5.02 Å². The Morgan fingerprint density at radius 1 is 1.00 bits per heavy atom. The van der Waals surface area contributed by atoms with Crippen LogP contribution in [-0.4, -0.2) is 15.9 Å². The minimum atomic E-state index is -1.30. The molecule has 0 aromatic heterocycles. The highest BCUT2D eigenvalue weighted by molar-refractivity contribution is 8.77. The number of halogens is 3. The van der Waals surface area contributed by atoms with E-state index >= 15 is 0 Å². The molecule has 8 heteroatoms. The maximum absolute atomic E-state index is 13.1. The molecule has 1 amide bonds. The summed E-state index contributed by atoms with van der Waals surface area (Å²) in [5.41, 5.74) is 1.38. The molecule has 3 nitrogen and oxygen atoms in total. The smallest absolute Gasteiger partial charge is 0.258 e. The summed E-state index contributed by atoms with van der Waals surface area (Å²) in [5, 5.41) is 0.889. The third kappa shape index (κ3) is 2.02. The molecule has 2 aromatic carbocycles. The molecule has 0 N–H and O–H groups in total. The molecule has 122 valence electrons. The molecule has 24 heavy (non-hydrogen) atoms. The normalized spacial score (nSPS) is 28.9. The zero-order chi connectivity index (χ0) is 16.9. The van der Waals surface area contributed by atoms with Crippen LogP contribution in [0.15, 0.2) is 59.0 Å². The third-order valence-electron chi connectivity index (χ3n) is 4.09. The average Bonchev–Trinajstić information content (AvgIpc) is 3.01. The summed E-state index contributed by atoms with van der Waals surface area (Å²) in [6, 6.07) is 16.3. The van der Waals surface area contributed by atoms with Gasteiger partial charge in [0.1, 0.15) is 0 Å². The van der Waals surface area contributed by atoms with Gasteiger partial charge in [-0.25, -0.2) is 0 Å². The Kier molecular flexibility index (Phi) is 4.05. The van der Waals surface area contributed by atoms with Crippen molar-refractivity contribution >= 4 is 73.3 Å². The molecule has 4 rings (SSSR count). The number of β-lactam (4-membered cyclic amide) rings is 1. The number of benzene rings is 2. The molecule has 1 saturated heterocycles. The second-order valence-electron chi connectivity index (χ2n) is 5.33. The van der Waals surface area contributed by atoms with E-state index in [2.05, 4.69) is 4.40 Å². The van der Waals surface area contributed by atoms with Gasteiger partial charge >= 0.3 is 0 Å². The van der Waals surface area contributed by atoms with Crippen molar-refractivity contribution in [3.63, 3.8) is 0 Å². The average molecular weight is 416 g/mol. The highest BCUT2D eigenvalue weighted by Crippen LogP contribution is 2.67. The maximum Gasteiger partial charge on any atom is 0.258 e. The lowest BCUT2D eigenvalue weighted by Gasteiger charge is -2.58. The van der Waals surface area contributed by atoms with Crippen molar-refractivity contribution in [3.05, 3.63) is 65.2 Å². The van der Waals surface area contributed by atoms with Crippen LogP contribution in [0.3, 0.4) is 0 Å². The first-order valence-electron chi connectivity index (χ1n) is 6.95. The fraction of sp³-hybridized carbons (Fsp3) is 0.125. The van der Waals surface area contributed by atoms with Crippen LogP contribution in [0.4, 0.5) is 5.69 Å². The molecule has 2 aliphatic heterocycles. The number of nitrogens with zero attached hydrogens (tertiary/aromatic N) is 2. The predicted molar refractivity (Wildman–Crippen MR) is 104 cm³/mol. The van der Waals surface area contributed by atoms with E-state index in [-0.39, 0.29) is 5.91 Å². The van der Waals surface area contributed by atoms with Crippen LogP contribution < -0.4 is 4.90 Å². The maximum atomic E-state index is 13.1. The van der Waals surface area contributed by atoms with E-state index in [1.165, 1.54) is 21.8 Å². The van der Waals surface area contributed by atoms with Crippen molar-refractivity contribution in [1.29, 1.82) is 0 Å². The minimum absolute atomic E-state index is 0.235. The lowest BCUT2D eigenvalue weighted by molar-refractivity contribution is -0.127. The first kappa shape index (κ1) is 16.6. The van der Waals surface area contributed by atoms with Crippen molar-refractivity contribution < 1.29 is 4.79 Å². The zero-order valence-corrected chi connectivity index (χ0v) is 15.8. The molecule has 2 unspecified atom stereocenters. The number of carbonyl (C=O) groups excluding carboxylic acids is 1. The van der Waals surface area contributed by atoms with E-state index in [9.17, 15) is 4.79 Å². The Morgan fingerprint density at radius 3 is 2.25 bits per heavy atom. The first-order valence-corrected chi connectivity index (χ1v) is 10.2. The minimum Gasteiger partial charge on any atom is -0.285 e. The van der Waals surface area contributed by atoms with Gasteiger partial charge in [-0.05, 0) is 40.6 Å². The summed E-state index contributed by atoms with van der Waals surface area (Å²) in [5.74, 6) is -0.235. The van der Waals surface area contributed by atoms with Crippen LogP contribution in [0.1, 0.15) is 5.56 Å². The van der Waals surface area contributed by atoms with Crippen molar-refractivity contribution in [3.8, 4) is 0 Å². The number of anilines is 1. The van der Waals surface area contributed by atoms with Gasteiger partial charge in [0.15, 0.2) is 14.9 Å². The largest absolute Gasteiger partial charge is 0.285 e. The first-order chi connectivity index (χ1) is 11.5. The quantitative estimate of drug-likeness (QED) is 0.282. The Labute approximate surface area is 161 Å². The summed E-state index contributed by atoms with van der Waals surface area (Å²) in [6.07, 6.45) is 0. The van der Waals surface area contributed by atoms with E-state index in [1.54, 1.807) is 29.2 Å². The molecule has 0 saturated carbocycles. The molecule has 1 fully saturated rings. The van der Waals surface area contributed by atoms with E-state index in [0.29, 0.717) is 21.4 Å². The number of rotatable bonds is 2. The Hall–Kier alpha value is -0.850. The monoisotopic (exact) mass is 414 g/mol. The van der Waals surface area contributed by atoms with Gasteiger partial charge in [-0.15, -0.1) is 0 Å². The molecule has 1 spiro atoms. The van der Waals surface area contributed by atoms with Crippen LogP contribution >= 0.6 is 56.6 Å². The number of alkyl halides is 1. The van der Waals surface area contributed by atoms with Gasteiger partial charge in [0, 0.05) is 21.7 Å². The second kappa shape index (κ2) is 5.85. The lowest BCUT2D eigenvalue weighted by atomic mass is 9.79. The molecule has 0 aliphatic carbocycles. The van der Waals surface area contributed by atoms with Gasteiger partial charge in [0.2, 0.25) is 0 Å². The van der Waals surface area contributed by atoms with Crippen molar-refractivity contribution in [2.24, 2.45) is 4.40 Å². The van der Waals surface area contributed by atoms with Gasteiger partial charge in [-0.1, -0.05) is 65.1 Å². The van der Waals surface area contributed by atoms with Gasteiger partial charge in [0.05, 0.1) is 0 Å². The van der Waals surface area contributed by atoms with Gasteiger partial charge < -0.3 is 0 Å². The third-order valence-corrected chi connectivity index (χ3v) is 8.10. The molecule has 0 radical (unpaired) electrons. The summed E-state index contributed by atoms with van der Waals surface area (Å²) >= 11 is 19.3. The van der Waals surface area contributed by atoms with Crippen molar-refractivity contribution in [2.75, 3.05) is 4.90 Å². The lowest BCUT2D eigenvalue weighted by Crippen LogP contribution is -2.78.